The Labute approximate surface area is 162 Å². The lowest BCUT2D eigenvalue weighted by Crippen LogP contribution is -2.44. The molecule has 6 nitrogen and oxygen atoms in total. The first-order valence-corrected chi connectivity index (χ1v) is 9.52. The van der Waals surface area contributed by atoms with Crippen LogP contribution in [0.1, 0.15) is 26.3 Å². The largest absolute Gasteiger partial charge is 0.377 e. The number of imidazole rings is 1. The monoisotopic (exact) mass is 537 g/mol. The molecular formula is C15H17I2N5O. The number of ether oxygens (including phenoxy) is 1. The van der Waals surface area contributed by atoms with Crippen molar-refractivity contribution < 1.29 is 4.74 Å². The second kappa shape index (κ2) is 6.33. The fourth-order valence-electron chi connectivity index (χ4n) is 2.75. The van der Waals surface area contributed by atoms with Gasteiger partial charge in [0.25, 0.3) is 0 Å². The molecule has 1 aliphatic rings. The molecule has 1 atom stereocenters. The third kappa shape index (κ3) is 3.02. The molecule has 0 radical (unpaired) electrons. The van der Waals surface area contributed by atoms with E-state index < -0.39 is 5.41 Å². The van der Waals surface area contributed by atoms with E-state index in [0.717, 1.165) is 31.0 Å². The molecule has 3 heterocycles. The van der Waals surface area contributed by atoms with Gasteiger partial charge in [0.05, 0.1) is 30.7 Å². The van der Waals surface area contributed by atoms with Gasteiger partial charge in [0.15, 0.2) is 3.83 Å². The van der Waals surface area contributed by atoms with Crippen molar-refractivity contribution in [1.82, 2.24) is 14.6 Å². The lowest BCUT2D eigenvalue weighted by molar-refractivity contribution is 0.0984. The summed E-state index contributed by atoms with van der Waals surface area (Å²) in [7, 11) is 0. The smallest absolute Gasteiger partial charge is 0.193 e. The average molecular weight is 537 g/mol. The first kappa shape index (κ1) is 17.2. The van der Waals surface area contributed by atoms with Gasteiger partial charge in [-0.25, -0.2) is 9.50 Å². The van der Waals surface area contributed by atoms with Gasteiger partial charge in [-0.3, -0.25) is 0 Å². The van der Waals surface area contributed by atoms with Crippen LogP contribution >= 0.6 is 45.2 Å². The number of anilines is 1. The van der Waals surface area contributed by atoms with E-state index in [0.29, 0.717) is 13.2 Å². The van der Waals surface area contributed by atoms with Crippen LogP contribution in [0.5, 0.6) is 0 Å². The zero-order valence-corrected chi connectivity index (χ0v) is 17.5. The molecule has 8 heteroatoms. The van der Waals surface area contributed by atoms with Gasteiger partial charge in [0.1, 0.15) is 15.0 Å². The van der Waals surface area contributed by atoms with Crippen LogP contribution in [-0.2, 0) is 10.2 Å². The van der Waals surface area contributed by atoms with Gasteiger partial charge >= 0.3 is 0 Å². The summed E-state index contributed by atoms with van der Waals surface area (Å²) in [6, 6.07) is 4.71. The SMILES string of the molecule is CC1COCCN1c1cc(C(C)(C)C#N)c2c(I)nc(I)n2n1. The van der Waals surface area contributed by atoms with Crippen molar-refractivity contribution in [2.45, 2.75) is 32.2 Å². The lowest BCUT2D eigenvalue weighted by atomic mass is 9.86. The molecule has 0 bridgehead atoms. The Kier molecular flexibility index (Phi) is 4.72. The molecule has 0 aliphatic carbocycles. The summed E-state index contributed by atoms with van der Waals surface area (Å²) >= 11 is 4.40. The highest BCUT2D eigenvalue weighted by Gasteiger charge is 2.29. The van der Waals surface area contributed by atoms with E-state index in [1.165, 1.54) is 0 Å². The molecule has 0 spiro atoms. The zero-order valence-electron chi connectivity index (χ0n) is 13.2. The third-order valence-corrected chi connectivity index (χ3v) is 5.57. The number of halogens is 2. The van der Waals surface area contributed by atoms with Gasteiger partial charge in [-0.1, -0.05) is 0 Å². The number of aromatic nitrogens is 3. The van der Waals surface area contributed by atoms with Gasteiger partial charge < -0.3 is 9.64 Å². The van der Waals surface area contributed by atoms with Crippen molar-refractivity contribution in [3.63, 3.8) is 0 Å². The molecule has 1 aliphatic heterocycles. The molecule has 0 N–H and O–H groups in total. The molecule has 23 heavy (non-hydrogen) atoms. The van der Waals surface area contributed by atoms with Crippen LogP contribution in [0.2, 0.25) is 0 Å². The highest BCUT2D eigenvalue weighted by molar-refractivity contribution is 14.1. The molecule has 122 valence electrons. The minimum atomic E-state index is -0.614. The summed E-state index contributed by atoms with van der Waals surface area (Å²) in [6.07, 6.45) is 0. The van der Waals surface area contributed by atoms with Gasteiger partial charge in [0.2, 0.25) is 0 Å². The molecule has 0 saturated carbocycles. The van der Waals surface area contributed by atoms with Crippen molar-refractivity contribution >= 4 is 56.5 Å². The van der Waals surface area contributed by atoms with Gasteiger partial charge in [-0.2, -0.15) is 5.26 Å². The lowest BCUT2D eigenvalue weighted by Gasteiger charge is -2.34. The number of fused-ring (bicyclic) bond motifs is 1. The standard InChI is InChI=1S/C15H17I2N5O/c1-9-7-23-5-4-21(9)11-6-10(15(2,3)8-18)12-13(16)19-14(17)22(12)20-11/h6,9H,4-5,7H2,1-3H3. The number of nitrogens with zero attached hydrogens (tertiary/aromatic N) is 5. The maximum Gasteiger partial charge on any atom is 0.193 e. The van der Waals surface area contributed by atoms with E-state index in [4.69, 9.17) is 9.84 Å². The van der Waals surface area contributed by atoms with Gasteiger partial charge in [-0.15, -0.1) is 5.10 Å². The van der Waals surface area contributed by atoms with E-state index >= 15 is 0 Å². The summed E-state index contributed by atoms with van der Waals surface area (Å²) in [5, 5.41) is 14.4. The Morgan fingerprint density at radius 2 is 2.17 bits per heavy atom. The minimum absolute atomic E-state index is 0.256. The third-order valence-electron chi connectivity index (χ3n) is 4.12. The Morgan fingerprint density at radius 1 is 1.43 bits per heavy atom. The summed E-state index contributed by atoms with van der Waals surface area (Å²) in [5.74, 6) is 0.873. The highest BCUT2D eigenvalue weighted by atomic mass is 127. The Morgan fingerprint density at radius 3 is 2.83 bits per heavy atom. The molecule has 1 saturated heterocycles. The van der Waals surface area contributed by atoms with Crippen molar-refractivity contribution in [2.75, 3.05) is 24.7 Å². The summed E-state index contributed by atoms with van der Waals surface area (Å²) in [4.78, 5) is 6.76. The van der Waals surface area contributed by atoms with Crippen molar-refractivity contribution in [1.29, 1.82) is 5.26 Å². The van der Waals surface area contributed by atoms with Crippen LogP contribution in [0, 0.1) is 18.9 Å². The van der Waals surface area contributed by atoms with Crippen LogP contribution in [0.15, 0.2) is 6.07 Å². The number of hydrogen-bond donors (Lipinski definition) is 0. The van der Waals surface area contributed by atoms with Gasteiger partial charge in [0, 0.05) is 34.7 Å². The fraction of sp³-hybridized carbons (Fsp3) is 0.533. The summed E-state index contributed by atoms with van der Waals surface area (Å²) in [5.41, 5.74) is 1.27. The quantitative estimate of drug-likeness (QED) is 0.552. The van der Waals surface area contributed by atoms with E-state index in [1.807, 2.05) is 24.4 Å². The molecule has 2 aromatic heterocycles. The second-order valence-electron chi connectivity index (χ2n) is 6.20. The maximum atomic E-state index is 9.62. The molecular weight excluding hydrogens is 520 g/mol. The number of hydrogen-bond acceptors (Lipinski definition) is 5. The van der Waals surface area contributed by atoms with Crippen molar-refractivity contribution in [3.05, 3.63) is 19.2 Å². The topological polar surface area (TPSA) is 66.5 Å². The number of morpholine rings is 1. The number of nitriles is 1. The second-order valence-corrected chi connectivity index (χ2v) is 8.19. The highest BCUT2D eigenvalue weighted by Crippen LogP contribution is 2.33. The van der Waals surface area contributed by atoms with Crippen molar-refractivity contribution in [3.8, 4) is 6.07 Å². The molecule has 1 unspecified atom stereocenters. The number of rotatable bonds is 2. The van der Waals surface area contributed by atoms with E-state index in [9.17, 15) is 5.26 Å². The van der Waals surface area contributed by atoms with E-state index in [1.54, 1.807) is 0 Å². The van der Waals surface area contributed by atoms with Crippen LogP contribution in [0.3, 0.4) is 0 Å². The molecule has 2 aromatic rings. The summed E-state index contributed by atoms with van der Waals surface area (Å²) in [6.45, 7) is 8.18. The van der Waals surface area contributed by atoms with Crippen LogP contribution in [-0.4, -0.2) is 40.4 Å². The first-order valence-electron chi connectivity index (χ1n) is 7.36. The normalized spacial score (nSPS) is 19.1. The Balaban J connectivity index is 2.25. The zero-order chi connectivity index (χ0) is 16.8. The molecule has 0 aromatic carbocycles. The Bertz CT molecular complexity index is 795. The Hall–Kier alpha value is -0.670. The predicted molar refractivity (Wildman–Crippen MR) is 105 cm³/mol. The van der Waals surface area contributed by atoms with Gasteiger partial charge in [-0.05, 0) is 49.4 Å². The summed E-state index contributed by atoms with van der Waals surface area (Å²) < 4.78 is 9.06. The predicted octanol–water partition coefficient (Wildman–Crippen LogP) is 2.96. The molecule has 1 fully saturated rings. The van der Waals surface area contributed by atoms with E-state index in [2.05, 4.69) is 68.1 Å². The fourth-order valence-corrected chi connectivity index (χ4v) is 4.55. The minimum Gasteiger partial charge on any atom is -0.377 e. The van der Waals surface area contributed by atoms with Crippen LogP contribution in [0.25, 0.3) is 5.52 Å². The van der Waals surface area contributed by atoms with Crippen molar-refractivity contribution in [2.24, 2.45) is 0 Å². The maximum absolute atomic E-state index is 9.62. The van der Waals surface area contributed by atoms with Crippen LogP contribution in [0.4, 0.5) is 5.82 Å². The molecule has 3 rings (SSSR count). The van der Waals surface area contributed by atoms with E-state index in [-0.39, 0.29) is 6.04 Å². The molecule has 0 amide bonds. The van der Waals surface area contributed by atoms with Crippen LogP contribution < -0.4 is 4.90 Å². The first-order chi connectivity index (χ1) is 10.8. The average Bonchev–Trinajstić information content (AvgIpc) is 2.81.